The number of benzene rings is 2. The third-order valence-corrected chi connectivity index (χ3v) is 4.66. The molecule has 17 heavy (non-hydrogen) atoms. The smallest absolute Gasteiger partial charge is 0.0921 e. The first-order valence-corrected chi connectivity index (χ1v) is 7.86. The molecule has 0 atom stereocenters. The number of hydrogen-bond acceptors (Lipinski definition) is 0. The molecule has 0 unspecified atom stereocenters. The fraction of sp³-hybridized carbons (Fsp3) is 0. The van der Waals surface area contributed by atoms with Crippen LogP contribution >= 0.6 is 63.7 Å². The summed E-state index contributed by atoms with van der Waals surface area (Å²) in [5, 5.41) is 4.65. The number of halogens is 4. The molecule has 2 rings (SSSR count). The lowest BCUT2D eigenvalue weighted by molar-refractivity contribution is 1.15. The summed E-state index contributed by atoms with van der Waals surface area (Å²) in [6.45, 7) is 0. The third-order valence-electron chi connectivity index (χ3n) is 2.10. The van der Waals surface area contributed by atoms with E-state index in [9.17, 15) is 0 Å². The lowest BCUT2D eigenvalue weighted by Crippen LogP contribution is -1.93. The molecule has 0 saturated carbocycles. The second-order valence-corrected chi connectivity index (χ2v) is 6.67. The Balaban J connectivity index is 2.45. The van der Waals surface area contributed by atoms with Crippen molar-refractivity contribution in [1.82, 2.24) is 5.32 Å². The van der Waals surface area contributed by atoms with Gasteiger partial charge in [0, 0.05) is 17.9 Å². The number of hydrogen-bond donors (Lipinski definition) is 0. The van der Waals surface area contributed by atoms with Gasteiger partial charge in [0.1, 0.15) is 0 Å². The minimum atomic E-state index is 0.875. The second-order valence-electron chi connectivity index (χ2n) is 3.25. The monoisotopic (exact) mass is 480 g/mol. The van der Waals surface area contributed by atoms with E-state index in [2.05, 4.69) is 69.0 Å². The molecule has 2 aromatic carbocycles. The van der Waals surface area contributed by atoms with Crippen molar-refractivity contribution in [1.29, 1.82) is 0 Å². The van der Waals surface area contributed by atoms with Crippen molar-refractivity contribution in [3.8, 4) is 0 Å². The summed E-state index contributed by atoms with van der Waals surface area (Å²) in [7, 11) is 0. The molecule has 2 aromatic rings. The van der Waals surface area contributed by atoms with Gasteiger partial charge in [-0.2, -0.15) is 0 Å². The molecular weight excluding hydrogens is 478 g/mol. The molecule has 0 fully saturated rings. The zero-order chi connectivity index (χ0) is 12.4. The molecule has 0 saturated heterocycles. The van der Waals surface area contributed by atoms with Crippen LogP contribution < -0.4 is 5.32 Å². The van der Waals surface area contributed by atoms with Crippen molar-refractivity contribution in [2.75, 3.05) is 0 Å². The van der Waals surface area contributed by atoms with Crippen molar-refractivity contribution >= 4 is 75.1 Å². The van der Waals surface area contributed by atoms with Crippen molar-refractivity contribution in [2.45, 2.75) is 0 Å². The standard InChI is InChI=1S/C12H6Br4N/c13-7-3-1-4-8(14)11(7)17-12-9(15)5-2-6-10(12)16/h1-6H. The molecule has 0 amide bonds. The van der Waals surface area contributed by atoms with Crippen LogP contribution in [0.4, 0.5) is 11.4 Å². The van der Waals surface area contributed by atoms with Gasteiger partial charge in [0.2, 0.25) is 0 Å². The first-order chi connectivity index (χ1) is 8.09. The predicted octanol–water partition coefficient (Wildman–Crippen LogP) is 6.30. The van der Waals surface area contributed by atoms with Crippen LogP contribution in [0.3, 0.4) is 0 Å². The number of nitrogens with zero attached hydrogens (tertiary/aromatic N) is 1. The number of para-hydroxylation sites is 2. The molecule has 0 heterocycles. The van der Waals surface area contributed by atoms with Crippen LogP contribution in [-0.4, -0.2) is 0 Å². The van der Waals surface area contributed by atoms with Gasteiger partial charge in [-0.15, -0.1) is 0 Å². The number of rotatable bonds is 2. The van der Waals surface area contributed by atoms with E-state index >= 15 is 0 Å². The highest BCUT2D eigenvalue weighted by Crippen LogP contribution is 2.38. The molecule has 5 heteroatoms. The molecule has 0 aromatic heterocycles. The topological polar surface area (TPSA) is 14.1 Å². The third kappa shape index (κ3) is 3.13. The van der Waals surface area contributed by atoms with Crippen LogP contribution in [0, 0.1) is 0 Å². The molecular formula is C12H6Br4N. The van der Waals surface area contributed by atoms with Crippen molar-refractivity contribution in [3.63, 3.8) is 0 Å². The van der Waals surface area contributed by atoms with Crippen molar-refractivity contribution in [2.24, 2.45) is 0 Å². The zero-order valence-corrected chi connectivity index (χ0v) is 14.8. The van der Waals surface area contributed by atoms with Gasteiger partial charge in [0.25, 0.3) is 0 Å². The normalized spacial score (nSPS) is 10.4. The molecule has 1 radical (unpaired) electrons. The van der Waals surface area contributed by atoms with Gasteiger partial charge >= 0.3 is 0 Å². The van der Waals surface area contributed by atoms with Crippen molar-refractivity contribution in [3.05, 3.63) is 54.3 Å². The van der Waals surface area contributed by atoms with E-state index < -0.39 is 0 Å². The molecule has 0 spiro atoms. The van der Waals surface area contributed by atoms with E-state index in [1.54, 1.807) is 0 Å². The summed E-state index contributed by atoms with van der Waals surface area (Å²) >= 11 is 14.0. The van der Waals surface area contributed by atoms with E-state index in [0.29, 0.717) is 0 Å². The lowest BCUT2D eigenvalue weighted by atomic mass is 10.3. The Morgan fingerprint density at radius 1 is 0.588 bits per heavy atom. The molecule has 0 N–H and O–H groups in total. The van der Waals surface area contributed by atoms with Crippen LogP contribution in [0.15, 0.2) is 54.3 Å². The highest BCUT2D eigenvalue weighted by molar-refractivity contribution is 9.11. The quantitative estimate of drug-likeness (QED) is 0.476. The summed E-state index contributed by atoms with van der Waals surface area (Å²) in [4.78, 5) is 0. The SMILES string of the molecule is Brc1cccc(Br)c1[N]c1c(Br)cccc1Br. The highest BCUT2D eigenvalue weighted by atomic mass is 79.9. The van der Waals surface area contributed by atoms with Gasteiger partial charge < -0.3 is 0 Å². The van der Waals surface area contributed by atoms with Crippen LogP contribution in [-0.2, 0) is 0 Å². The van der Waals surface area contributed by atoms with Crippen LogP contribution in [0.5, 0.6) is 0 Å². The maximum Gasteiger partial charge on any atom is 0.0921 e. The molecule has 0 bridgehead atoms. The van der Waals surface area contributed by atoms with E-state index in [1.807, 2.05) is 36.4 Å². The Bertz CT molecular complexity index is 464. The van der Waals surface area contributed by atoms with Crippen LogP contribution in [0.1, 0.15) is 0 Å². The first-order valence-electron chi connectivity index (χ1n) is 4.69. The van der Waals surface area contributed by atoms with Gasteiger partial charge in [-0.05, 0) is 88.0 Å². The first kappa shape index (κ1) is 13.6. The van der Waals surface area contributed by atoms with E-state index in [0.717, 1.165) is 29.3 Å². The fourth-order valence-electron chi connectivity index (χ4n) is 1.30. The Labute approximate surface area is 134 Å². The second kappa shape index (κ2) is 5.87. The van der Waals surface area contributed by atoms with Gasteiger partial charge in [-0.3, -0.25) is 0 Å². The average Bonchev–Trinajstić information content (AvgIpc) is 2.27. The van der Waals surface area contributed by atoms with E-state index in [-0.39, 0.29) is 0 Å². The van der Waals surface area contributed by atoms with Gasteiger partial charge in [-0.25, -0.2) is 5.32 Å². The Morgan fingerprint density at radius 3 is 1.18 bits per heavy atom. The average molecular weight is 484 g/mol. The maximum absolute atomic E-state index is 4.65. The fourth-order valence-corrected chi connectivity index (χ4v) is 3.65. The Hall–Kier alpha value is 0.160. The minimum absolute atomic E-state index is 0.875. The summed E-state index contributed by atoms with van der Waals surface area (Å²) in [6, 6.07) is 11.8. The highest BCUT2D eigenvalue weighted by Gasteiger charge is 2.11. The molecule has 0 aliphatic carbocycles. The maximum atomic E-state index is 4.65. The summed E-state index contributed by atoms with van der Waals surface area (Å²) in [5.41, 5.74) is 1.75. The van der Waals surface area contributed by atoms with Gasteiger partial charge in [0.15, 0.2) is 0 Å². The Kier molecular flexibility index (Phi) is 4.69. The summed E-state index contributed by atoms with van der Waals surface area (Å²) in [5.74, 6) is 0. The van der Waals surface area contributed by atoms with Crippen LogP contribution in [0.25, 0.3) is 0 Å². The van der Waals surface area contributed by atoms with E-state index in [1.165, 1.54) is 0 Å². The molecule has 0 aliphatic rings. The van der Waals surface area contributed by atoms with Gasteiger partial charge in [-0.1, -0.05) is 12.1 Å². The largest absolute Gasteiger partial charge is 0.244 e. The van der Waals surface area contributed by atoms with E-state index in [4.69, 9.17) is 0 Å². The minimum Gasteiger partial charge on any atom is -0.244 e. The Morgan fingerprint density at radius 2 is 0.882 bits per heavy atom. The summed E-state index contributed by atoms with van der Waals surface area (Å²) in [6.07, 6.45) is 0. The van der Waals surface area contributed by atoms with Crippen LogP contribution in [0.2, 0.25) is 0 Å². The lowest BCUT2D eigenvalue weighted by Gasteiger charge is -2.10. The molecule has 87 valence electrons. The summed E-state index contributed by atoms with van der Waals surface area (Å²) < 4.78 is 3.81. The van der Waals surface area contributed by atoms with Crippen molar-refractivity contribution < 1.29 is 0 Å². The van der Waals surface area contributed by atoms with Gasteiger partial charge in [0.05, 0.1) is 11.4 Å². The zero-order valence-electron chi connectivity index (χ0n) is 8.42. The predicted molar refractivity (Wildman–Crippen MR) is 85.1 cm³/mol. The molecule has 1 nitrogen and oxygen atoms in total. The molecule has 0 aliphatic heterocycles.